The Bertz CT molecular complexity index is 905. The van der Waals surface area contributed by atoms with Crippen molar-refractivity contribution in [1.82, 2.24) is 4.72 Å². The van der Waals surface area contributed by atoms with Gasteiger partial charge < -0.3 is 10.1 Å². The first-order valence-electron chi connectivity index (χ1n) is 7.97. The maximum Gasteiger partial charge on any atom is 0.255 e. The normalized spacial score (nSPS) is 14.2. The van der Waals surface area contributed by atoms with Crippen LogP contribution in [0.2, 0.25) is 0 Å². The SMILES string of the molecule is COc1ccc(C)cc1NC(=O)c1cccc(S(=O)(=O)NC2CC2)c1. The van der Waals surface area contributed by atoms with Crippen LogP contribution in [0.5, 0.6) is 5.75 Å². The van der Waals surface area contributed by atoms with Crippen LogP contribution in [0.4, 0.5) is 5.69 Å². The second-order valence-corrected chi connectivity index (χ2v) is 7.80. The molecule has 1 fully saturated rings. The van der Waals surface area contributed by atoms with E-state index in [1.165, 1.54) is 19.2 Å². The average molecular weight is 360 g/mol. The predicted molar refractivity (Wildman–Crippen MR) is 95.5 cm³/mol. The van der Waals surface area contributed by atoms with Crippen LogP contribution in [0.1, 0.15) is 28.8 Å². The fraction of sp³-hybridized carbons (Fsp3) is 0.278. The number of carbonyl (C=O) groups excluding carboxylic acids is 1. The van der Waals surface area contributed by atoms with Gasteiger partial charge in [0.25, 0.3) is 5.91 Å². The maximum atomic E-state index is 12.5. The molecule has 0 heterocycles. The summed E-state index contributed by atoms with van der Waals surface area (Å²) in [6.07, 6.45) is 1.71. The van der Waals surface area contributed by atoms with Crippen LogP contribution >= 0.6 is 0 Å². The van der Waals surface area contributed by atoms with Crippen LogP contribution in [-0.2, 0) is 10.0 Å². The molecule has 0 spiro atoms. The lowest BCUT2D eigenvalue weighted by atomic mass is 10.1. The highest BCUT2D eigenvalue weighted by atomic mass is 32.2. The molecule has 1 aliphatic rings. The highest BCUT2D eigenvalue weighted by Gasteiger charge is 2.28. The highest BCUT2D eigenvalue weighted by molar-refractivity contribution is 7.89. The van der Waals surface area contributed by atoms with E-state index in [0.717, 1.165) is 18.4 Å². The Morgan fingerprint density at radius 2 is 1.92 bits per heavy atom. The number of rotatable bonds is 6. The number of aryl methyl sites for hydroxylation is 1. The van der Waals surface area contributed by atoms with E-state index in [4.69, 9.17) is 4.74 Å². The van der Waals surface area contributed by atoms with Gasteiger partial charge in [0, 0.05) is 11.6 Å². The van der Waals surface area contributed by atoms with Gasteiger partial charge in [0.1, 0.15) is 5.75 Å². The molecule has 25 heavy (non-hydrogen) atoms. The van der Waals surface area contributed by atoms with Crippen LogP contribution in [-0.4, -0.2) is 27.5 Å². The van der Waals surface area contributed by atoms with Gasteiger partial charge in [-0.25, -0.2) is 13.1 Å². The van der Waals surface area contributed by atoms with Crippen LogP contribution in [0.25, 0.3) is 0 Å². The number of ether oxygens (including phenoxy) is 1. The minimum absolute atomic E-state index is 0.0130. The number of amides is 1. The van der Waals surface area contributed by atoms with Crippen LogP contribution in [0.15, 0.2) is 47.4 Å². The lowest BCUT2D eigenvalue weighted by Gasteiger charge is -2.12. The van der Waals surface area contributed by atoms with Crippen molar-refractivity contribution in [2.45, 2.75) is 30.7 Å². The summed E-state index contributed by atoms with van der Waals surface area (Å²) < 4.78 is 32.4. The third kappa shape index (κ3) is 4.18. The smallest absolute Gasteiger partial charge is 0.255 e. The molecule has 0 bridgehead atoms. The molecule has 1 amide bonds. The number of hydrogen-bond donors (Lipinski definition) is 2. The fourth-order valence-corrected chi connectivity index (χ4v) is 3.76. The van der Waals surface area contributed by atoms with Crippen molar-refractivity contribution in [1.29, 1.82) is 0 Å². The van der Waals surface area contributed by atoms with Crippen LogP contribution in [0.3, 0.4) is 0 Å². The maximum absolute atomic E-state index is 12.5. The number of sulfonamides is 1. The molecule has 1 aliphatic carbocycles. The summed E-state index contributed by atoms with van der Waals surface area (Å²) in [7, 11) is -2.08. The molecule has 0 atom stereocenters. The van der Waals surface area contributed by atoms with Gasteiger partial charge in [0.05, 0.1) is 17.7 Å². The summed E-state index contributed by atoms with van der Waals surface area (Å²) in [4.78, 5) is 12.6. The first kappa shape index (κ1) is 17.4. The van der Waals surface area contributed by atoms with Crippen molar-refractivity contribution < 1.29 is 17.9 Å². The predicted octanol–water partition coefficient (Wildman–Crippen LogP) is 2.70. The molecule has 1 saturated carbocycles. The van der Waals surface area contributed by atoms with Gasteiger partial charge in [0.2, 0.25) is 10.0 Å². The zero-order chi connectivity index (χ0) is 18.0. The first-order chi connectivity index (χ1) is 11.9. The van der Waals surface area contributed by atoms with Gasteiger partial charge in [-0.05, 0) is 55.7 Å². The number of benzene rings is 2. The molecule has 0 saturated heterocycles. The summed E-state index contributed by atoms with van der Waals surface area (Å²) in [5, 5.41) is 2.77. The minimum atomic E-state index is -3.60. The lowest BCUT2D eigenvalue weighted by molar-refractivity contribution is 0.102. The van der Waals surface area contributed by atoms with Gasteiger partial charge in [-0.2, -0.15) is 0 Å². The summed E-state index contributed by atoms with van der Waals surface area (Å²) in [5.74, 6) is 0.144. The van der Waals surface area contributed by atoms with E-state index in [9.17, 15) is 13.2 Å². The lowest BCUT2D eigenvalue weighted by Crippen LogP contribution is -2.26. The highest BCUT2D eigenvalue weighted by Crippen LogP contribution is 2.26. The minimum Gasteiger partial charge on any atom is -0.495 e. The van der Waals surface area contributed by atoms with E-state index >= 15 is 0 Å². The van der Waals surface area contributed by atoms with E-state index < -0.39 is 15.9 Å². The second-order valence-electron chi connectivity index (χ2n) is 6.08. The van der Waals surface area contributed by atoms with Crippen molar-refractivity contribution in [3.63, 3.8) is 0 Å². The third-order valence-electron chi connectivity index (χ3n) is 3.91. The molecule has 3 rings (SSSR count). The Balaban J connectivity index is 1.83. The quantitative estimate of drug-likeness (QED) is 0.829. The molecule has 0 aliphatic heterocycles. The molecule has 7 heteroatoms. The molecule has 2 aromatic carbocycles. The largest absolute Gasteiger partial charge is 0.495 e. The monoisotopic (exact) mass is 360 g/mol. The van der Waals surface area contributed by atoms with Crippen LogP contribution < -0.4 is 14.8 Å². The fourth-order valence-electron chi connectivity index (χ4n) is 2.41. The molecule has 0 aromatic heterocycles. The van der Waals surface area contributed by atoms with Gasteiger partial charge in [-0.3, -0.25) is 4.79 Å². The van der Waals surface area contributed by atoms with Gasteiger partial charge in [0.15, 0.2) is 0 Å². The second kappa shape index (κ2) is 6.85. The van der Waals surface area contributed by atoms with E-state index in [0.29, 0.717) is 11.4 Å². The van der Waals surface area contributed by atoms with E-state index in [2.05, 4.69) is 10.0 Å². The number of hydrogen-bond acceptors (Lipinski definition) is 4. The number of anilines is 1. The summed E-state index contributed by atoms with van der Waals surface area (Å²) >= 11 is 0. The van der Waals surface area contributed by atoms with Crippen molar-refractivity contribution in [3.05, 3.63) is 53.6 Å². The molecule has 132 valence electrons. The van der Waals surface area contributed by atoms with Crippen molar-refractivity contribution in [3.8, 4) is 5.75 Å². The van der Waals surface area contributed by atoms with Crippen molar-refractivity contribution >= 4 is 21.6 Å². The van der Waals surface area contributed by atoms with E-state index in [1.54, 1.807) is 24.3 Å². The standard InChI is InChI=1S/C18H20N2O4S/c1-12-6-9-17(24-2)16(10-12)19-18(21)13-4-3-5-15(11-13)25(22,23)20-14-7-8-14/h3-6,9-11,14,20H,7-8H2,1-2H3,(H,19,21). The van der Waals surface area contributed by atoms with Gasteiger partial charge >= 0.3 is 0 Å². The molecular weight excluding hydrogens is 340 g/mol. The molecular formula is C18H20N2O4S. The van der Waals surface area contributed by atoms with Crippen molar-refractivity contribution in [2.75, 3.05) is 12.4 Å². The zero-order valence-electron chi connectivity index (χ0n) is 14.1. The molecule has 6 nitrogen and oxygen atoms in total. The number of carbonyl (C=O) groups is 1. The first-order valence-corrected chi connectivity index (χ1v) is 9.46. The Morgan fingerprint density at radius 3 is 2.60 bits per heavy atom. The number of nitrogens with one attached hydrogen (secondary N) is 2. The van der Waals surface area contributed by atoms with Gasteiger partial charge in [-0.15, -0.1) is 0 Å². The zero-order valence-corrected chi connectivity index (χ0v) is 14.9. The topological polar surface area (TPSA) is 84.5 Å². The summed E-state index contributed by atoms with van der Waals surface area (Å²) in [6, 6.07) is 11.5. The summed E-state index contributed by atoms with van der Waals surface area (Å²) in [5.41, 5.74) is 1.78. The number of methoxy groups -OCH3 is 1. The van der Waals surface area contributed by atoms with E-state index in [-0.39, 0.29) is 16.5 Å². The van der Waals surface area contributed by atoms with Gasteiger partial charge in [-0.1, -0.05) is 12.1 Å². The van der Waals surface area contributed by atoms with Crippen molar-refractivity contribution in [2.24, 2.45) is 0 Å². The molecule has 0 unspecified atom stereocenters. The molecule has 2 N–H and O–H groups in total. The van der Waals surface area contributed by atoms with Crippen LogP contribution in [0, 0.1) is 6.92 Å². The third-order valence-corrected chi connectivity index (χ3v) is 5.43. The molecule has 0 radical (unpaired) electrons. The Morgan fingerprint density at radius 1 is 1.16 bits per heavy atom. The Hall–Kier alpha value is -2.38. The Labute approximate surface area is 147 Å². The summed E-state index contributed by atoms with van der Waals surface area (Å²) in [6.45, 7) is 1.91. The molecule has 2 aromatic rings. The van der Waals surface area contributed by atoms with E-state index in [1.807, 2.05) is 13.0 Å². The Kier molecular flexibility index (Phi) is 4.78. The average Bonchev–Trinajstić information content (AvgIpc) is 3.38.